The fraction of sp³-hybridized carbons (Fsp3) is 0.304. The standard InChI is InChI=1S/C46H51N3/c1-11-13-43-47-44(48-49(43)10)35-15-12-14-34(26-35)41-24-31(3)42(25-30(41)2)38-28-36(32-16-20-39(21-17-32)45(4,5)6)27-37(29-38)33-18-22-40(23-19-33)46(7,8)9/h12,14-29H,11,13H2,1-10H3. The topological polar surface area (TPSA) is 30.7 Å². The van der Waals surface area contributed by atoms with Crippen LogP contribution in [0.25, 0.3) is 55.9 Å². The van der Waals surface area contributed by atoms with Gasteiger partial charge in [0, 0.05) is 19.0 Å². The summed E-state index contributed by atoms with van der Waals surface area (Å²) in [7, 11) is 1.99. The summed E-state index contributed by atoms with van der Waals surface area (Å²) >= 11 is 0. The molecule has 0 spiro atoms. The van der Waals surface area contributed by atoms with Crippen molar-refractivity contribution in [1.82, 2.24) is 14.8 Å². The summed E-state index contributed by atoms with van der Waals surface area (Å²) in [5.74, 6) is 1.81. The van der Waals surface area contributed by atoms with Gasteiger partial charge in [-0.3, -0.25) is 4.68 Å². The minimum atomic E-state index is 0.113. The second kappa shape index (κ2) is 13.3. The molecule has 0 saturated heterocycles. The highest BCUT2D eigenvalue weighted by molar-refractivity contribution is 5.84. The quantitative estimate of drug-likeness (QED) is 0.173. The molecule has 3 heteroatoms. The van der Waals surface area contributed by atoms with Crippen molar-refractivity contribution < 1.29 is 0 Å². The van der Waals surface area contributed by atoms with Crippen molar-refractivity contribution >= 4 is 0 Å². The summed E-state index contributed by atoms with van der Waals surface area (Å²) in [4.78, 5) is 4.85. The first-order valence-electron chi connectivity index (χ1n) is 17.7. The van der Waals surface area contributed by atoms with Crippen LogP contribution in [0, 0.1) is 13.8 Å². The van der Waals surface area contributed by atoms with Crippen LogP contribution < -0.4 is 0 Å². The minimum absolute atomic E-state index is 0.113. The van der Waals surface area contributed by atoms with Crippen molar-refractivity contribution in [2.24, 2.45) is 7.05 Å². The molecule has 49 heavy (non-hydrogen) atoms. The third kappa shape index (κ3) is 7.32. The predicted molar refractivity (Wildman–Crippen MR) is 209 cm³/mol. The summed E-state index contributed by atoms with van der Waals surface area (Å²) in [5, 5.41) is 4.73. The number of nitrogens with zero attached hydrogens (tertiary/aromatic N) is 3. The molecule has 0 aliphatic heterocycles. The van der Waals surface area contributed by atoms with E-state index in [-0.39, 0.29) is 10.8 Å². The van der Waals surface area contributed by atoms with Crippen LogP contribution in [0.5, 0.6) is 0 Å². The first kappa shape index (κ1) is 34.1. The molecule has 3 nitrogen and oxygen atoms in total. The monoisotopic (exact) mass is 645 g/mol. The van der Waals surface area contributed by atoms with E-state index in [1.807, 2.05) is 11.7 Å². The molecule has 6 rings (SSSR count). The van der Waals surface area contributed by atoms with Gasteiger partial charge in [-0.1, -0.05) is 127 Å². The Bertz CT molecular complexity index is 2020. The predicted octanol–water partition coefficient (Wildman–Crippen LogP) is 12.3. The molecule has 0 N–H and O–H groups in total. The molecule has 0 aliphatic rings. The maximum atomic E-state index is 4.85. The Morgan fingerprint density at radius 2 is 0.980 bits per heavy atom. The molecule has 0 saturated carbocycles. The molecule has 1 aromatic heterocycles. The lowest BCUT2D eigenvalue weighted by Crippen LogP contribution is -2.10. The van der Waals surface area contributed by atoms with Gasteiger partial charge in [-0.15, -0.1) is 0 Å². The lowest BCUT2D eigenvalue weighted by Gasteiger charge is -2.20. The average molecular weight is 646 g/mol. The Morgan fingerprint density at radius 1 is 0.531 bits per heavy atom. The van der Waals surface area contributed by atoms with Crippen LogP contribution >= 0.6 is 0 Å². The molecule has 1 heterocycles. The Kier molecular flexibility index (Phi) is 9.24. The molecule has 0 aliphatic carbocycles. The van der Waals surface area contributed by atoms with Gasteiger partial charge in [0.05, 0.1) is 0 Å². The summed E-state index contributed by atoms with van der Waals surface area (Å²) in [5.41, 5.74) is 16.3. The molecular formula is C46H51N3. The number of rotatable bonds is 7. The van der Waals surface area contributed by atoms with Crippen molar-refractivity contribution in [3.8, 4) is 55.9 Å². The van der Waals surface area contributed by atoms with E-state index >= 15 is 0 Å². The largest absolute Gasteiger partial charge is 0.253 e. The average Bonchev–Trinajstić information content (AvgIpc) is 3.44. The van der Waals surface area contributed by atoms with Crippen LogP contribution in [0.1, 0.15) is 83.0 Å². The van der Waals surface area contributed by atoms with E-state index in [1.165, 1.54) is 66.8 Å². The highest BCUT2D eigenvalue weighted by Crippen LogP contribution is 2.38. The van der Waals surface area contributed by atoms with Crippen LogP contribution in [0.3, 0.4) is 0 Å². The Hall–Kier alpha value is -4.76. The second-order valence-electron chi connectivity index (χ2n) is 15.7. The van der Waals surface area contributed by atoms with Crippen molar-refractivity contribution in [2.75, 3.05) is 0 Å². The third-order valence-corrected chi connectivity index (χ3v) is 9.74. The molecular weight excluding hydrogens is 595 g/mol. The van der Waals surface area contributed by atoms with Gasteiger partial charge in [-0.2, -0.15) is 5.10 Å². The van der Waals surface area contributed by atoms with Crippen molar-refractivity contribution in [2.45, 2.75) is 86.0 Å². The number of hydrogen-bond donors (Lipinski definition) is 0. The zero-order valence-electron chi connectivity index (χ0n) is 31.1. The summed E-state index contributed by atoms with van der Waals surface area (Å²) in [6.45, 7) is 20.3. The van der Waals surface area contributed by atoms with Gasteiger partial charge >= 0.3 is 0 Å². The minimum Gasteiger partial charge on any atom is -0.253 e. The molecule has 0 amide bonds. The highest BCUT2D eigenvalue weighted by atomic mass is 15.3. The van der Waals surface area contributed by atoms with Gasteiger partial charge in [0.25, 0.3) is 0 Å². The lowest BCUT2D eigenvalue weighted by molar-refractivity contribution is 0.590. The van der Waals surface area contributed by atoms with Gasteiger partial charge in [-0.25, -0.2) is 4.98 Å². The third-order valence-electron chi connectivity index (χ3n) is 9.74. The molecule has 5 aromatic carbocycles. The Morgan fingerprint density at radius 3 is 1.47 bits per heavy atom. The molecule has 0 atom stereocenters. The highest BCUT2D eigenvalue weighted by Gasteiger charge is 2.17. The normalized spacial score (nSPS) is 12.0. The molecule has 6 aromatic rings. The lowest BCUT2D eigenvalue weighted by atomic mass is 9.84. The fourth-order valence-corrected chi connectivity index (χ4v) is 6.69. The van der Waals surface area contributed by atoms with Gasteiger partial charge < -0.3 is 0 Å². The second-order valence-corrected chi connectivity index (χ2v) is 15.7. The number of aryl methyl sites for hydroxylation is 4. The number of aromatic nitrogens is 3. The molecule has 0 bridgehead atoms. The van der Waals surface area contributed by atoms with E-state index < -0.39 is 0 Å². The molecule has 250 valence electrons. The molecule has 0 unspecified atom stereocenters. The van der Waals surface area contributed by atoms with E-state index in [9.17, 15) is 0 Å². The summed E-state index contributed by atoms with van der Waals surface area (Å²) < 4.78 is 1.91. The Labute approximate surface area is 294 Å². The van der Waals surface area contributed by atoms with Crippen LogP contribution in [0.2, 0.25) is 0 Å². The van der Waals surface area contributed by atoms with Gasteiger partial charge in [0.15, 0.2) is 5.82 Å². The first-order chi connectivity index (χ1) is 23.2. The van der Waals surface area contributed by atoms with Crippen LogP contribution in [0.4, 0.5) is 0 Å². The van der Waals surface area contributed by atoms with Crippen molar-refractivity contribution in [3.63, 3.8) is 0 Å². The van der Waals surface area contributed by atoms with Crippen molar-refractivity contribution in [3.05, 3.63) is 131 Å². The van der Waals surface area contributed by atoms with E-state index in [4.69, 9.17) is 10.1 Å². The van der Waals surface area contributed by atoms with Crippen LogP contribution in [-0.4, -0.2) is 14.8 Å². The maximum absolute atomic E-state index is 4.85. The molecule has 0 fully saturated rings. The van der Waals surface area contributed by atoms with Gasteiger partial charge in [0.2, 0.25) is 0 Å². The van der Waals surface area contributed by atoms with E-state index in [1.54, 1.807) is 0 Å². The Balaban J connectivity index is 1.43. The zero-order valence-corrected chi connectivity index (χ0v) is 31.1. The maximum Gasteiger partial charge on any atom is 0.181 e. The fourth-order valence-electron chi connectivity index (χ4n) is 6.69. The first-order valence-corrected chi connectivity index (χ1v) is 17.7. The number of hydrogen-bond acceptors (Lipinski definition) is 2. The van der Waals surface area contributed by atoms with Crippen molar-refractivity contribution in [1.29, 1.82) is 0 Å². The van der Waals surface area contributed by atoms with Gasteiger partial charge in [-0.05, 0) is 122 Å². The summed E-state index contributed by atoms with van der Waals surface area (Å²) in [6.07, 6.45) is 1.98. The summed E-state index contributed by atoms with van der Waals surface area (Å²) in [6, 6.07) is 38.7. The van der Waals surface area contributed by atoms with Crippen LogP contribution in [-0.2, 0) is 24.3 Å². The van der Waals surface area contributed by atoms with E-state index in [2.05, 4.69) is 165 Å². The smallest absolute Gasteiger partial charge is 0.181 e. The zero-order chi connectivity index (χ0) is 35.1. The van der Waals surface area contributed by atoms with Crippen LogP contribution in [0.15, 0.2) is 103 Å². The SMILES string of the molecule is CCCc1nc(-c2cccc(-c3cc(C)c(-c4cc(-c5ccc(C(C)(C)C)cc5)cc(-c5ccc(C(C)(C)C)cc5)c4)cc3C)c2)nn1C. The number of benzene rings is 5. The van der Waals surface area contributed by atoms with Gasteiger partial charge in [0.1, 0.15) is 5.82 Å². The molecule has 0 radical (unpaired) electrons. The van der Waals surface area contributed by atoms with E-state index in [0.717, 1.165) is 30.1 Å². The van der Waals surface area contributed by atoms with E-state index in [0.29, 0.717) is 0 Å².